The first kappa shape index (κ1) is 13.5. The number of rotatable bonds is 4. The van der Waals surface area contributed by atoms with Crippen molar-refractivity contribution in [3.8, 4) is 0 Å². The third-order valence-corrected chi connectivity index (χ3v) is 3.42. The summed E-state index contributed by atoms with van der Waals surface area (Å²) >= 11 is 0. The molecule has 0 bridgehead atoms. The first-order chi connectivity index (χ1) is 9.13. The second-order valence-electron chi connectivity index (χ2n) is 4.86. The van der Waals surface area contributed by atoms with Crippen LogP contribution in [0.25, 0.3) is 10.8 Å². The first-order valence-electron chi connectivity index (χ1n) is 6.59. The van der Waals surface area contributed by atoms with Crippen molar-refractivity contribution in [2.75, 3.05) is 6.54 Å². The van der Waals surface area contributed by atoms with Gasteiger partial charge in [0.05, 0.1) is 0 Å². The van der Waals surface area contributed by atoms with Crippen molar-refractivity contribution in [3.05, 3.63) is 47.8 Å². The van der Waals surface area contributed by atoms with Crippen LogP contribution < -0.4 is 5.32 Å². The highest BCUT2D eigenvalue weighted by Gasteiger charge is 2.12. The average Bonchev–Trinajstić information content (AvgIpc) is 2.45. The van der Waals surface area contributed by atoms with Crippen LogP contribution in [0.4, 0.5) is 4.39 Å². The quantitative estimate of drug-likeness (QED) is 0.890. The minimum atomic E-state index is -0.297. The summed E-state index contributed by atoms with van der Waals surface area (Å²) in [6, 6.07) is 9.94. The van der Waals surface area contributed by atoms with E-state index in [1.807, 2.05) is 6.07 Å². The fourth-order valence-corrected chi connectivity index (χ4v) is 1.97. The van der Waals surface area contributed by atoms with Crippen LogP contribution in [0.3, 0.4) is 0 Å². The van der Waals surface area contributed by atoms with E-state index in [-0.39, 0.29) is 11.7 Å². The van der Waals surface area contributed by atoms with Crippen molar-refractivity contribution < 1.29 is 9.18 Å². The molecular weight excluding hydrogens is 241 g/mol. The van der Waals surface area contributed by atoms with E-state index in [0.29, 0.717) is 28.8 Å². The number of halogens is 1. The summed E-state index contributed by atoms with van der Waals surface area (Å²) in [6.45, 7) is 4.81. The molecule has 0 aliphatic carbocycles. The van der Waals surface area contributed by atoms with E-state index in [1.165, 1.54) is 6.07 Å². The third kappa shape index (κ3) is 2.92. The first-order valence-corrected chi connectivity index (χ1v) is 6.59. The molecule has 0 aliphatic rings. The van der Waals surface area contributed by atoms with Crippen molar-refractivity contribution in [2.24, 2.45) is 5.92 Å². The van der Waals surface area contributed by atoms with E-state index >= 15 is 0 Å². The Morgan fingerprint density at radius 3 is 2.58 bits per heavy atom. The molecule has 2 nitrogen and oxygen atoms in total. The second-order valence-corrected chi connectivity index (χ2v) is 4.86. The normalized spacial score (nSPS) is 12.4. The summed E-state index contributed by atoms with van der Waals surface area (Å²) in [5.74, 6) is 0.00115. The van der Waals surface area contributed by atoms with Crippen LogP contribution in [0.15, 0.2) is 36.4 Å². The highest BCUT2D eigenvalue weighted by Crippen LogP contribution is 2.21. The highest BCUT2D eigenvalue weighted by molar-refractivity contribution is 6.07. The second kappa shape index (κ2) is 5.83. The van der Waals surface area contributed by atoms with E-state index < -0.39 is 0 Å². The van der Waals surface area contributed by atoms with E-state index in [9.17, 15) is 9.18 Å². The van der Waals surface area contributed by atoms with Crippen molar-refractivity contribution in [1.29, 1.82) is 0 Å². The number of hydrogen-bond donors (Lipinski definition) is 1. The molecule has 0 radical (unpaired) electrons. The molecule has 1 atom stereocenters. The fraction of sp³-hybridized carbons (Fsp3) is 0.312. The molecule has 0 heterocycles. The van der Waals surface area contributed by atoms with Crippen molar-refractivity contribution in [3.63, 3.8) is 0 Å². The Labute approximate surface area is 112 Å². The third-order valence-electron chi connectivity index (χ3n) is 3.42. The smallest absolute Gasteiger partial charge is 0.251 e. The number of nitrogens with one attached hydrogen (secondary N) is 1. The van der Waals surface area contributed by atoms with E-state index in [2.05, 4.69) is 19.2 Å². The minimum Gasteiger partial charge on any atom is -0.352 e. The SMILES string of the molecule is CCC(C)CNC(=O)c1ccc(F)c2ccccc12. The van der Waals surface area contributed by atoms with Crippen LogP contribution in [0, 0.1) is 11.7 Å². The Morgan fingerprint density at radius 1 is 1.21 bits per heavy atom. The summed E-state index contributed by atoms with van der Waals surface area (Å²) in [4.78, 5) is 12.2. The van der Waals surface area contributed by atoms with Gasteiger partial charge < -0.3 is 5.32 Å². The Morgan fingerprint density at radius 2 is 1.89 bits per heavy atom. The van der Waals surface area contributed by atoms with E-state index in [0.717, 1.165) is 6.42 Å². The molecule has 2 rings (SSSR count). The van der Waals surface area contributed by atoms with E-state index in [4.69, 9.17) is 0 Å². The zero-order valence-electron chi connectivity index (χ0n) is 11.2. The van der Waals surface area contributed by atoms with Crippen molar-refractivity contribution >= 4 is 16.7 Å². The van der Waals surface area contributed by atoms with Crippen LogP contribution >= 0.6 is 0 Å². The lowest BCUT2D eigenvalue weighted by Gasteiger charge is -2.11. The van der Waals surface area contributed by atoms with Gasteiger partial charge in [0.1, 0.15) is 5.82 Å². The molecule has 0 aromatic heterocycles. The Bertz CT molecular complexity index is 594. The molecule has 1 unspecified atom stereocenters. The molecule has 0 saturated heterocycles. The monoisotopic (exact) mass is 259 g/mol. The van der Waals surface area contributed by atoms with Gasteiger partial charge in [0, 0.05) is 17.5 Å². The standard InChI is InChI=1S/C16H18FNO/c1-3-11(2)10-18-16(19)14-8-9-15(17)13-7-5-4-6-12(13)14/h4-9,11H,3,10H2,1-2H3,(H,18,19). The van der Waals surface area contributed by atoms with Crippen molar-refractivity contribution in [1.82, 2.24) is 5.32 Å². The number of amides is 1. The predicted octanol–water partition coefficient (Wildman–Crippen LogP) is 3.75. The maximum atomic E-state index is 13.7. The predicted molar refractivity (Wildman–Crippen MR) is 75.7 cm³/mol. The van der Waals surface area contributed by atoms with Crippen LogP contribution in [-0.2, 0) is 0 Å². The summed E-state index contributed by atoms with van der Waals surface area (Å²) in [7, 11) is 0. The molecule has 3 heteroatoms. The summed E-state index contributed by atoms with van der Waals surface area (Å²) in [5, 5.41) is 4.04. The molecule has 2 aromatic rings. The molecule has 0 fully saturated rings. The molecule has 100 valence electrons. The number of carbonyl (C=O) groups is 1. The molecule has 1 amide bonds. The van der Waals surface area contributed by atoms with Crippen LogP contribution in [0.1, 0.15) is 30.6 Å². The molecule has 0 aliphatic heterocycles. The summed E-state index contributed by atoms with van der Waals surface area (Å²) < 4.78 is 13.7. The van der Waals surface area contributed by atoms with Gasteiger partial charge >= 0.3 is 0 Å². The Hall–Kier alpha value is -1.90. The average molecular weight is 259 g/mol. The molecule has 0 spiro atoms. The zero-order valence-corrected chi connectivity index (χ0v) is 11.2. The maximum Gasteiger partial charge on any atom is 0.251 e. The number of hydrogen-bond acceptors (Lipinski definition) is 1. The molecule has 2 aromatic carbocycles. The lowest BCUT2D eigenvalue weighted by molar-refractivity contribution is 0.0949. The maximum absolute atomic E-state index is 13.7. The molecule has 0 saturated carbocycles. The largest absolute Gasteiger partial charge is 0.352 e. The summed E-state index contributed by atoms with van der Waals surface area (Å²) in [5.41, 5.74) is 0.528. The minimum absolute atomic E-state index is 0.142. The molecule has 1 N–H and O–H groups in total. The fourth-order valence-electron chi connectivity index (χ4n) is 1.97. The van der Waals surface area contributed by atoms with Gasteiger partial charge in [-0.1, -0.05) is 44.5 Å². The Balaban J connectivity index is 2.30. The lowest BCUT2D eigenvalue weighted by Crippen LogP contribution is -2.28. The Kier molecular flexibility index (Phi) is 4.15. The topological polar surface area (TPSA) is 29.1 Å². The van der Waals surface area contributed by atoms with Gasteiger partial charge in [-0.3, -0.25) is 4.79 Å². The van der Waals surface area contributed by atoms with Crippen molar-refractivity contribution in [2.45, 2.75) is 20.3 Å². The number of fused-ring (bicyclic) bond motifs is 1. The van der Waals surface area contributed by atoms with Gasteiger partial charge in [0.15, 0.2) is 0 Å². The van der Waals surface area contributed by atoms with Gasteiger partial charge in [0.2, 0.25) is 0 Å². The molecule has 19 heavy (non-hydrogen) atoms. The van der Waals surface area contributed by atoms with Crippen LogP contribution in [0.2, 0.25) is 0 Å². The number of carbonyl (C=O) groups excluding carboxylic acids is 1. The van der Waals surface area contributed by atoms with Gasteiger partial charge in [-0.2, -0.15) is 0 Å². The van der Waals surface area contributed by atoms with Gasteiger partial charge in [-0.25, -0.2) is 4.39 Å². The van der Waals surface area contributed by atoms with E-state index in [1.54, 1.807) is 24.3 Å². The lowest BCUT2D eigenvalue weighted by atomic mass is 10.0. The highest BCUT2D eigenvalue weighted by atomic mass is 19.1. The van der Waals surface area contributed by atoms with Gasteiger partial charge in [-0.15, -0.1) is 0 Å². The van der Waals surface area contributed by atoms with Crippen LogP contribution in [0.5, 0.6) is 0 Å². The van der Waals surface area contributed by atoms with Gasteiger partial charge in [0.25, 0.3) is 5.91 Å². The zero-order chi connectivity index (χ0) is 13.8. The van der Waals surface area contributed by atoms with Gasteiger partial charge in [-0.05, 0) is 23.4 Å². The molecular formula is C16H18FNO. The summed E-state index contributed by atoms with van der Waals surface area (Å²) in [6.07, 6.45) is 1.02. The van der Waals surface area contributed by atoms with Crippen LogP contribution in [-0.4, -0.2) is 12.5 Å². The number of benzene rings is 2.